The summed E-state index contributed by atoms with van der Waals surface area (Å²) >= 11 is 0. The maximum atomic E-state index is 10.5. The van der Waals surface area contributed by atoms with Gasteiger partial charge in [-0.05, 0) is 18.6 Å². The molecule has 0 atom stereocenters. The van der Waals surface area contributed by atoms with Gasteiger partial charge in [-0.2, -0.15) is 0 Å². The van der Waals surface area contributed by atoms with Gasteiger partial charge in [-0.3, -0.25) is 9.78 Å². The summed E-state index contributed by atoms with van der Waals surface area (Å²) in [5.74, 6) is 0. The highest BCUT2D eigenvalue weighted by molar-refractivity contribution is 5.82. The van der Waals surface area contributed by atoms with E-state index in [0.717, 1.165) is 17.5 Å². The Bertz CT molecular complexity index is 292. The monoisotopic (exact) mass is 147 g/mol. The predicted molar refractivity (Wildman–Crippen MR) is 44.5 cm³/mol. The third-order valence-electron chi connectivity index (χ3n) is 1.56. The molecule has 0 saturated heterocycles. The van der Waals surface area contributed by atoms with Crippen LogP contribution in [0.5, 0.6) is 0 Å². The zero-order valence-electron chi connectivity index (χ0n) is 6.37. The molecule has 0 aliphatic carbocycles. The van der Waals surface area contributed by atoms with Crippen LogP contribution in [0.15, 0.2) is 18.8 Å². The van der Waals surface area contributed by atoms with E-state index in [0.29, 0.717) is 5.56 Å². The summed E-state index contributed by atoms with van der Waals surface area (Å²) in [7, 11) is 0. The molecule has 1 aromatic rings. The van der Waals surface area contributed by atoms with Gasteiger partial charge in [0.1, 0.15) is 0 Å². The normalized spacial score (nSPS) is 9.18. The van der Waals surface area contributed by atoms with Crippen molar-refractivity contribution in [3.05, 3.63) is 35.7 Å². The minimum Gasteiger partial charge on any atom is -0.298 e. The molecular formula is C9H9NO. The lowest BCUT2D eigenvalue weighted by molar-refractivity contribution is 0.112. The van der Waals surface area contributed by atoms with Gasteiger partial charge in [0.15, 0.2) is 6.29 Å². The van der Waals surface area contributed by atoms with E-state index in [1.165, 1.54) is 0 Å². The van der Waals surface area contributed by atoms with Gasteiger partial charge in [0, 0.05) is 17.5 Å². The van der Waals surface area contributed by atoms with Crippen LogP contribution in [0.3, 0.4) is 0 Å². The quantitative estimate of drug-likeness (QED) is 0.597. The number of aldehydes is 1. The summed E-state index contributed by atoms with van der Waals surface area (Å²) < 4.78 is 0. The maximum absolute atomic E-state index is 10.5. The average molecular weight is 147 g/mol. The van der Waals surface area contributed by atoms with Gasteiger partial charge in [-0.1, -0.05) is 12.7 Å². The Morgan fingerprint density at radius 1 is 1.64 bits per heavy atom. The molecule has 0 aliphatic heterocycles. The molecule has 1 rings (SSSR count). The molecule has 1 heterocycles. The topological polar surface area (TPSA) is 30.0 Å². The van der Waals surface area contributed by atoms with Crippen LogP contribution in [0.25, 0.3) is 6.08 Å². The van der Waals surface area contributed by atoms with Crippen LogP contribution in [0, 0.1) is 6.92 Å². The van der Waals surface area contributed by atoms with Crippen LogP contribution < -0.4 is 0 Å². The number of aryl methyl sites for hydroxylation is 1. The number of rotatable bonds is 2. The van der Waals surface area contributed by atoms with Gasteiger partial charge in [0.2, 0.25) is 0 Å². The first-order valence-corrected chi connectivity index (χ1v) is 3.33. The molecule has 0 bridgehead atoms. The summed E-state index contributed by atoms with van der Waals surface area (Å²) in [6.45, 7) is 5.40. The van der Waals surface area contributed by atoms with E-state index < -0.39 is 0 Å². The van der Waals surface area contributed by atoms with Crippen molar-refractivity contribution in [1.82, 2.24) is 4.98 Å². The molecule has 0 saturated carbocycles. The van der Waals surface area contributed by atoms with E-state index in [9.17, 15) is 4.79 Å². The van der Waals surface area contributed by atoms with Gasteiger partial charge in [-0.15, -0.1) is 0 Å². The Kier molecular flexibility index (Phi) is 2.16. The summed E-state index contributed by atoms with van der Waals surface area (Å²) in [5.41, 5.74) is 2.22. The summed E-state index contributed by atoms with van der Waals surface area (Å²) in [6.07, 6.45) is 4.12. The SMILES string of the molecule is C=Cc1ccnc(C)c1C=O. The molecule has 0 aromatic carbocycles. The number of aromatic nitrogens is 1. The van der Waals surface area contributed by atoms with Gasteiger partial charge < -0.3 is 0 Å². The lowest BCUT2D eigenvalue weighted by Crippen LogP contribution is -1.93. The van der Waals surface area contributed by atoms with Crippen molar-refractivity contribution in [1.29, 1.82) is 0 Å². The third kappa shape index (κ3) is 1.34. The van der Waals surface area contributed by atoms with E-state index in [1.54, 1.807) is 25.3 Å². The maximum Gasteiger partial charge on any atom is 0.152 e. The largest absolute Gasteiger partial charge is 0.298 e. The molecule has 0 amide bonds. The Morgan fingerprint density at radius 3 is 2.82 bits per heavy atom. The van der Waals surface area contributed by atoms with Crippen molar-refractivity contribution in [2.45, 2.75) is 6.92 Å². The predicted octanol–water partition coefficient (Wildman–Crippen LogP) is 1.85. The zero-order chi connectivity index (χ0) is 8.27. The molecule has 2 heteroatoms. The fraction of sp³-hybridized carbons (Fsp3) is 0.111. The van der Waals surface area contributed by atoms with Gasteiger partial charge in [0.25, 0.3) is 0 Å². The van der Waals surface area contributed by atoms with E-state index in [4.69, 9.17) is 0 Å². The van der Waals surface area contributed by atoms with Crippen molar-refractivity contribution < 1.29 is 4.79 Å². The number of carbonyl (C=O) groups is 1. The summed E-state index contributed by atoms with van der Waals surface area (Å²) in [6, 6.07) is 1.77. The minimum absolute atomic E-state index is 0.627. The van der Waals surface area contributed by atoms with Crippen molar-refractivity contribution in [2.24, 2.45) is 0 Å². The van der Waals surface area contributed by atoms with Crippen molar-refractivity contribution in [3.8, 4) is 0 Å². The van der Waals surface area contributed by atoms with E-state index in [1.807, 2.05) is 0 Å². The number of hydrogen-bond donors (Lipinski definition) is 0. The molecular weight excluding hydrogens is 138 g/mol. The number of hydrogen-bond acceptors (Lipinski definition) is 2. The Labute approximate surface area is 65.6 Å². The average Bonchev–Trinajstić information content (AvgIpc) is 2.04. The number of nitrogens with zero attached hydrogens (tertiary/aromatic N) is 1. The van der Waals surface area contributed by atoms with Crippen LogP contribution in [0.2, 0.25) is 0 Å². The molecule has 0 spiro atoms. The first-order chi connectivity index (χ1) is 5.29. The molecule has 56 valence electrons. The highest BCUT2D eigenvalue weighted by Gasteiger charge is 2.00. The first-order valence-electron chi connectivity index (χ1n) is 3.33. The zero-order valence-corrected chi connectivity index (χ0v) is 6.37. The molecule has 0 N–H and O–H groups in total. The van der Waals surface area contributed by atoms with Crippen molar-refractivity contribution >= 4 is 12.4 Å². The highest BCUT2D eigenvalue weighted by Crippen LogP contribution is 2.09. The van der Waals surface area contributed by atoms with E-state index in [-0.39, 0.29) is 0 Å². The first kappa shape index (κ1) is 7.66. The van der Waals surface area contributed by atoms with Crippen LogP contribution in [-0.4, -0.2) is 11.3 Å². The Hall–Kier alpha value is -1.44. The third-order valence-corrected chi connectivity index (χ3v) is 1.56. The molecule has 0 fully saturated rings. The smallest absolute Gasteiger partial charge is 0.152 e. The molecule has 1 aromatic heterocycles. The second-order valence-electron chi connectivity index (χ2n) is 2.22. The Balaban J connectivity index is 3.35. The molecule has 0 radical (unpaired) electrons. The van der Waals surface area contributed by atoms with Crippen molar-refractivity contribution in [3.63, 3.8) is 0 Å². The fourth-order valence-corrected chi connectivity index (χ4v) is 0.929. The Morgan fingerprint density at radius 2 is 2.36 bits per heavy atom. The standard InChI is InChI=1S/C9H9NO/c1-3-8-4-5-10-7(2)9(8)6-11/h3-6H,1H2,2H3. The number of carbonyl (C=O) groups excluding carboxylic acids is 1. The van der Waals surface area contributed by atoms with Crippen LogP contribution >= 0.6 is 0 Å². The lowest BCUT2D eigenvalue weighted by Gasteiger charge is -1.99. The molecule has 2 nitrogen and oxygen atoms in total. The molecule has 0 unspecified atom stereocenters. The summed E-state index contributed by atoms with van der Waals surface area (Å²) in [4.78, 5) is 14.5. The van der Waals surface area contributed by atoms with Crippen LogP contribution in [0.1, 0.15) is 21.6 Å². The lowest BCUT2D eigenvalue weighted by atomic mass is 10.1. The van der Waals surface area contributed by atoms with E-state index in [2.05, 4.69) is 11.6 Å². The fourth-order valence-electron chi connectivity index (χ4n) is 0.929. The van der Waals surface area contributed by atoms with Gasteiger partial charge in [-0.25, -0.2) is 0 Å². The van der Waals surface area contributed by atoms with E-state index >= 15 is 0 Å². The highest BCUT2D eigenvalue weighted by atomic mass is 16.1. The second-order valence-corrected chi connectivity index (χ2v) is 2.22. The summed E-state index contributed by atoms with van der Waals surface area (Å²) in [5, 5.41) is 0. The number of pyridine rings is 1. The minimum atomic E-state index is 0.627. The van der Waals surface area contributed by atoms with Gasteiger partial charge >= 0.3 is 0 Å². The van der Waals surface area contributed by atoms with Crippen LogP contribution in [-0.2, 0) is 0 Å². The van der Waals surface area contributed by atoms with Gasteiger partial charge in [0.05, 0.1) is 0 Å². The van der Waals surface area contributed by atoms with Crippen molar-refractivity contribution in [2.75, 3.05) is 0 Å². The van der Waals surface area contributed by atoms with Crippen LogP contribution in [0.4, 0.5) is 0 Å². The second kappa shape index (κ2) is 3.10. The molecule has 0 aliphatic rings. The molecule has 11 heavy (non-hydrogen) atoms.